The first-order chi connectivity index (χ1) is 9.74. The van der Waals surface area contributed by atoms with Crippen LogP contribution in [0.5, 0.6) is 0 Å². The number of nitrogens with one attached hydrogen (secondary N) is 1. The van der Waals surface area contributed by atoms with Gasteiger partial charge >= 0.3 is 0 Å². The van der Waals surface area contributed by atoms with E-state index in [-0.39, 0.29) is 0 Å². The van der Waals surface area contributed by atoms with E-state index in [4.69, 9.17) is 14.5 Å². The van der Waals surface area contributed by atoms with Crippen LogP contribution < -0.4 is 10.2 Å². The Morgan fingerprint density at radius 1 is 1.55 bits per heavy atom. The van der Waals surface area contributed by atoms with Gasteiger partial charge in [-0.25, -0.2) is 4.98 Å². The summed E-state index contributed by atoms with van der Waals surface area (Å²) in [5.41, 5.74) is 1.05. The van der Waals surface area contributed by atoms with Gasteiger partial charge in [0.05, 0.1) is 18.4 Å². The molecule has 0 radical (unpaired) electrons. The van der Waals surface area contributed by atoms with Crippen molar-refractivity contribution in [3.63, 3.8) is 0 Å². The van der Waals surface area contributed by atoms with Crippen LogP contribution in [0.1, 0.15) is 30.3 Å². The fourth-order valence-corrected chi connectivity index (χ4v) is 3.33. The molecule has 1 saturated heterocycles. The molecule has 6 heteroatoms. The third kappa shape index (κ3) is 4.15. The molecule has 1 aromatic heterocycles. The van der Waals surface area contributed by atoms with Crippen molar-refractivity contribution in [2.45, 2.75) is 39.0 Å². The van der Waals surface area contributed by atoms with Crippen molar-refractivity contribution < 1.29 is 9.47 Å². The van der Waals surface area contributed by atoms with Crippen molar-refractivity contribution in [1.29, 1.82) is 0 Å². The van der Waals surface area contributed by atoms with Crippen LogP contribution in [0.15, 0.2) is 0 Å². The lowest BCUT2D eigenvalue weighted by molar-refractivity contribution is 0.116. The maximum atomic E-state index is 5.69. The Hall–Kier alpha value is -0.690. The van der Waals surface area contributed by atoms with E-state index < -0.39 is 0 Å². The van der Waals surface area contributed by atoms with Gasteiger partial charge in [-0.3, -0.25) is 0 Å². The first kappa shape index (κ1) is 15.7. The van der Waals surface area contributed by atoms with Crippen LogP contribution in [0.25, 0.3) is 0 Å². The van der Waals surface area contributed by atoms with Crippen LogP contribution in [0.2, 0.25) is 0 Å². The SMILES string of the molecule is CCNCc1sc(N(C)CC2CCCO2)nc1COC. The molecule has 1 N–H and O–H groups in total. The van der Waals surface area contributed by atoms with E-state index in [0.29, 0.717) is 12.7 Å². The van der Waals surface area contributed by atoms with Gasteiger partial charge in [0.25, 0.3) is 0 Å². The van der Waals surface area contributed by atoms with Crippen LogP contribution in [-0.2, 0) is 22.6 Å². The zero-order valence-electron chi connectivity index (χ0n) is 12.6. The molecule has 0 aromatic carbocycles. The van der Waals surface area contributed by atoms with Crippen LogP contribution in [0, 0.1) is 0 Å². The van der Waals surface area contributed by atoms with Gasteiger partial charge in [0.1, 0.15) is 0 Å². The molecule has 1 aliphatic heterocycles. The van der Waals surface area contributed by atoms with Gasteiger partial charge in [0.2, 0.25) is 0 Å². The number of nitrogens with zero attached hydrogens (tertiary/aromatic N) is 2. The van der Waals surface area contributed by atoms with Crippen molar-refractivity contribution >= 4 is 16.5 Å². The van der Waals surface area contributed by atoms with Crippen molar-refractivity contribution in [2.75, 3.05) is 38.8 Å². The summed E-state index contributed by atoms with van der Waals surface area (Å²) in [4.78, 5) is 8.19. The second kappa shape index (κ2) is 7.93. The maximum absolute atomic E-state index is 5.69. The molecule has 5 nitrogen and oxygen atoms in total. The number of hydrogen-bond acceptors (Lipinski definition) is 6. The Balaban J connectivity index is 2.01. The van der Waals surface area contributed by atoms with Crippen LogP contribution in [0.3, 0.4) is 0 Å². The molecule has 1 aliphatic rings. The minimum atomic E-state index is 0.354. The van der Waals surface area contributed by atoms with Gasteiger partial charge in [0.15, 0.2) is 5.13 Å². The number of ether oxygens (including phenoxy) is 2. The maximum Gasteiger partial charge on any atom is 0.185 e. The molecular formula is C14H25N3O2S. The van der Waals surface area contributed by atoms with Gasteiger partial charge in [-0.2, -0.15) is 0 Å². The molecule has 1 unspecified atom stereocenters. The average molecular weight is 299 g/mol. The van der Waals surface area contributed by atoms with Crippen molar-refractivity contribution in [1.82, 2.24) is 10.3 Å². The van der Waals surface area contributed by atoms with Crippen molar-refractivity contribution in [3.8, 4) is 0 Å². The molecule has 2 heterocycles. The molecule has 1 aromatic rings. The molecule has 114 valence electrons. The van der Waals surface area contributed by atoms with E-state index in [2.05, 4.69) is 24.2 Å². The van der Waals surface area contributed by atoms with Gasteiger partial charge < -0.3 is 19.7 Å². The lowest BCUT2D eigenvalue weighted by atomic mass is 10.2. The zero-order valence-corrected chi connectivity index (χ0v) is 13.5. The third-order valence-corrected chi connectivity index (χ3v) is 4.62. The van der Waals surface area contributed by atoms with Gasteiger partial charge in [0, 0.05) is 38.7 Å². The summed E-state index contributed by atoms with van der Waals surface area (Å²) in [6.45, 7) is 6.33. The minimum absolute atomic E-state index is 0.354. The summed E-state index contributed by atoms with van der Waals surface area (Å²) in [5.74, 6) is 0. The number of thiazole rings is 1. The van der Waals surface area contributed by atoms with Gasteiger partial charge in [-0.1, -0.05) is 6.92 Å². The Kier molecular flexibility index (Phi) is 6.22. The highest BCUT2D eigenvalue weighted by Crippen LogP contribution is 2.27. The fraction of sp³-hybridized carbons (Fsp3) is 0.786. The van der Waals surface area contributed by atoms with E-state index in [1.807, 2.05) is 0 Å². The highest BCUT2D eigenvalue weighted by molar-refractivity contribution is 7.15. The van der Waals surface area contributed by atoms with E-state index in [0.717, 1.165) is 43.5 Å². The topological polar surface area (TPSA) is 46.6 Å². The molecule has 0 saturated carbocycles. The summed E-state index contributed by atoms with van der Waals surface area (Å²) < 4.78 is 10.9. The molecule has 1 atom stereocenters. The predicted octanol–water partition coefficient (Wildman–Crippen LogP) is 2.01. The summed E-state index contributed by atoms with van der Waals surface area (Å²) in [7, 11) is 3.81. The van der Waals surface area contributed by atoms with Crippen LogP contribution >= 0.6 is 11.3 Å². The Morgan fingerprint density at radius 2 is 2.40 bits per heavy atom. The van der Waals surface area contributed by atoms with Crippen molar-refractivity contribution in [2.24, 2.45) is 0 Å². The molecule has 0 spiro atoms. The molecule has 0 bridgehead atoms. The number of anilines is 1. The normalized spacial score (nSPS) is 18.6. The largest absolute Gasteiger partial charge is 0.378 e. The van der Waals surface area contributed by atoms with Crippen molar-refractivity contribution in [3.05, 3.63) is 10.6 Å². The minimum Gasteiger partial charge on any atom is -0.378 e. The number of methoxy groups -OCH3 is 1. The Labute approximate surface area is 125 Å². The van der Waals surface area contributed by atoms with Gasteiger partial charge in [-0.05, 0) is 19.4 Å². The Morgan fingerprint density at radius 3 is 3.05 bits per heavy atom. The first-order valence-corrected chi connectivity index (χ1v) is 8.07. The predicted molar refractivity (Wildman–Crippen MR) is 82.5 cm³/mol. The molecule has 1 fully saturated rings. The lowest BCUT2D eigenvalue weighted by Crippen LogP contribution is -2.28. The number of hydrogen-bond donors (Lipinski definition) is 1. The van der Waals surface area contributed by atoms with E-state index >= 15 is 0 Å². The number of rotatable bonds is 8. The average Bonchev–Trinajstić information content (AvgIpc) is 3.07. The number of likely N-dealkylation sites (N-methyl/N-ethyl adjacent to an activating group) is 1. The lowest BCUT2D eigenvalue weighted by Gasteiger charge is -2.19. The quantitative estimate of drug-likeness (QED) is 0.796. The summed E-state index contributed by atoms with van der Waals surface area (Å²) in [6.07, 6.45) is 2.69. The second-order valence-corrected chi connectivity index (χ2v) is 6.16. The molecule has 20 heavy (non-hydrogen) atoms. The Bertz CT molecular complexity index is 405. The third-order valence-electron chi connectivity index (χ3n) is 3.41. The smallest absolute Gasteiger partial charge is 0.185 e. The molecular weight excluding hydrogens is 274 g/mol. The monoisotopic (exact) mass is 299 g/mol. The zero-order chi connectivity index (χ0) is 14.4. The van der Waals surface area contributed by atoms with Gasteiger partial charge in [-0.15, -0.1) is 11.3 Å². The van der Waals surface area contributed by atoms with E-state index in [1.165, 1.54) is 11.3 Å². The number of aromatic nitrogens is 1. The highest BCUT2D eigenvalue weighted by atomic mass is 32.1. The first-order valence-electron chi connectivity index (χ1n) is 7.25. The van der Waals surface area contributed by atoms with E-state index in [1.54, 1.807) is 18.4 Å². The fourth-order valence-electron chi connectivity index (χ4n) is 2.33. The van der Waals surface area contributed by atoms with E-state index in [9.17, 15) is 0 Å². The molecule has 0 amide bonds. The standard InChI is InChI=1S/C14H25N3O2S/c1-4-15-8-13-12(10-18-3)16-14(20-13)17(2)9-11-6-5-7-19-11/h11,15H,4-10H2,1-3H3. The summed E-state index contributed by atoms with van der Waals surface area (Å²) in [6, 6.07) is 0. The summed E-state index contributed by atoms with van der Waals surface area (Å²) in [5, 5.41) is 4.42. The molecule has 2 rings (SSSR count). The van der Waals surface area contributed by atoms with Crippen LogP contribution in [-0.4, -0.2) is 44.9 Å². The summed E-state index contributed by atoms with van der Waals surface area (Å²) >= 11 is 1.75. The second-order valence-electron chi connectivity index (χ2n) is 5.10. The molecule has 0 aliphatic carbocycles. The highest BCUT2D eigenvalue weighted by Gasteiger charge is 2.20. The van der Waals surface area contributed by atoms with Crippen LogP contribution in [0.4, 0.5) is 5.13 Å².